The van der Waals surface area contributed by atoms with Gasteiger partial charge in [0.2, 0.25) is 0 Å². The fourth-order valence-electron chi connectivity index (χ4n) is 1.80. The van der Waals surface area contributed by atoms with Crippen LogP contribution in [0.1, 0.15) is 18.8 Å². The highest BCUT2D eigenvalue weighted by Crippen LogP contribution is 2.29. The summed E-state index contributed by atoms with van der Waals surface area (Å²) in [6.45, 7) is 5.47. The number of carbonyl (C=O) groups excluding carboxylic acids is 1. The van der Waals surface area contributed by atoms with Crippen molar-refractivity contribution >= 4 is 21.9 Å². The zero-order chi connectivity index (χ0) is 15.4. The van der Waals surface area contributed by atoms with Crippen molar-refractivity contribution in [3.63, 3.8) is 0 Å². The Bertz CT molecular complexity index is 660. The Balaban J connectivity index is 2.20. The molecule has 1 heterocycles. The summed E-state index contributed by atoms with van der Waals surface area (Å²) in [5.41, 5.74) is 0.816. The maximum Gasteiger partial charge on any atom is 0.336 e. The Morgan fingerprint density at radius 3 is 2.86 bits per heavy atom. The van der Waals surface area contributed by atoms with Gasteiger partial charge in [-0.1, -0.05) is 34.6 Å². The standard InChI is InChI=1S/C16H15BrO4/c1-3-20-16(19)10(2)15(18)14-8-7-13(21-14)11-5-4-6-12(17)9-11/h4-9,15,18H,2-3H2,1H3. The molecule has 5 heteroatoms. The van der Waals surface area contributed by atoms with Gasteiger partial charge in [-0.25, -0.2) is 4.79 Å². The summed E-state index contributed by atoms with van der Waals surface area (Å²) in [6, 6.07) is 10.9. The van der Waals surface area contributed by atoms with Crippen molar-refractivity contribution < 1.29 is 19.1 Å². The molecular formula is C16H15BrO4. The van der Waals surface area contributed by atoms with Gasteiger partial charge >= 0.3 is 5.97 Å². The van der Waals surface area contributed by atoms with Crippen LogP contribution in [0, 0.1) is 0 Å². The Kier molecular flexibility index (Phi) is 4.98. The maximum absolute atomic E-state index is 11.5. The van der Waals surface area contributed by atoms with Crippen molar-refractivity contribution in [3.05, 3.63) is 58.8 Å². The minimum atomic E-state index is -1.22. The third kappa shape index (κ3) is 3.62. The normalized spacial score (nSPS) is 12.0. The van der Waals surface area contributed by atoms with E-state index in [0.717, 1.165) is 10.0 Å². The largest absolute Gasteiger partial charge is 0.463 e. The Hall–Kier alpha value is -1.85. The number of esters is 1. The molecule has 0 saturated heterocycles. The molecule has 1 unspecified atom stereocenters. The minimum absolute atomic E-state index is 0.0491. The second-order valence-corrected chi connectivity index (χ2v) is 5.28. The van der Waals surface area contributed by atoms with Crippen molar-refractivity contribution in [1.82, 2.24) is 0 Å². The Morgan fingerprint density at radius 1 is 1.43 bits per heavy atom. The summed E-state index contributed by atoms with van der Waals surface area (Å²) in [5.74, 6) is 0.218. The van der Waals surface area contributed by atoms with Crippen LogP contribution in [0.4, 0.5) is 0 Å². The number of furan rings is 1. The van der Waals surface area contributed by atoms with Crippen LogP contribution in [-0.2, 0) is 9.53 Å². The highest BCUT2D eigenvalue weighted by molar-refractivity contribution is 9.10. The molecule has 0 aliphatic rings. The van der Waals surface area contributed by atoms with Crippen LogP contribution in [0.15, 0.2) is 57.4 Å². The van der Waals surface area contributed by atoms with Crippen molar-refractivity contribution in [1.29, 1.82) is 0 Å². The van der Waals surface area contributed by atoms with Gasteiger partial charge in [-0.15, -0.1) is 0 Å². The highest BCUT2D eigenvalue weighted by atomic mass is 79.9. The van der Waals surface area contributed by atoms with Gasteiger partial charge in [-0.05, 0) is 31.2 Å². The number of aliphatic hydroxyl groups is 1. The summed E-state index contributed by atoms with van der Waals surface area (Å²) in [5, 5.41) is 10.1. The van der Waals surface area contributed by atoms with Crippen molar-refractivity contribution in [2.75, 3.05) is 6.61 Å². The number of hydrogen-bond donors (Lipinski definition) is 1. The molecule has 0 bridgehead atoms. The van der Waals surface area contributed by atoms with E-state index in [9.17, 15) is 9.90 Å². The van der Waals surface area contributed by atoms with Crippen molar-refractivity contribution in [2.24, 2.45) is 0 Å². The Labute approximate surface area is 131 Å². The van der Waals surface area contributed by atoms with Gasteiger partial charge in [0.25, 0.3) is 0 Å². The van der Waals surface area contributed by atoms with E-state index in [1.807, 2.05) is 24.3 Å². The summed E-state index contributed by atoms with van der Waals surface area (Å²) in [6.07, 6.45) is -1.22. The number of rotatable bonds is 5. The first kappa shape index (κ1) is 15.5. The number of aliphatic hydroxyl groups excluding tert-OH is 1. The molecule has 21 heavy (non-hydrogen) atoms. The number of carbonyl (C=O) groups is 1. The molecule has 1 N–H and O–H groups in total. The van der Waals surface area contributed by atoms with E-state index < -0.39 is 12.1 Å². The smallest absolute Gasteiger partial charge is 0.336 e. The molecule has 2 aromatic rings. The lowest BCUT2D eigenvalue weighted by Gasteiger charge is -2.10. The molecular weight excluding hydrogens is 336 g/mol. The zero-order valence-corrected chi connectivity index (χ0v) is 13.1. The van der Waals surface area contributed by atoms with Crippen LogP contribution in [0.5, 0.6) is 0 Å². The van der Waals surface area contributed by atoms with E-state index in [1.54, 1.807) is 19.1 Å². The molecule has 0 aliphatic heterocycles. The molecule has 0 fully saturated rings. The lowest BCUT2D eigenvalue weighted by Crippen LogP contribution is -2.13. The SMILES string of the molecule is C=C(C(=O)OCC)C(O)c1ccc(-c2cccc(Br)c2)o1. The molecule has 0 saturated carbocycles. The lowest BCUT2D eigenvalue weighted by atomic mass is 10.1. The average Bonchev–Trinajstić information content (AvgIpc) is 2.95. The summed E-state index contributed by atoms with van der Waals surface area (Å²) < 4.78 is 11.3. The van der Waals surface area contributed by atoms with E-state index in [-0.39, 0.29) is 17.9 Å². The quantitative estimate of drug-likeness (QED) is 0.656. The van der Waals surface area contributed by atoms with E-state index >= 15 is 0 Å². The minimum Gasteiger partial charge on any atom is -0.463 e. The number of hydrogen-bond acceptors (Lipinski definition) is 4. The van der Waals surface area contributed by atoms with Gasteiger partial charge in [0.15, 0.2) is 0 Å². The summed E-state index contributed by atoms with van der Waals surface area (Å²) in [4.78, 5) is 11.5. The number of ether oxygens (including phenoxy) is 1. The van der Waals surface area contributed by atoms with Crippen LogP contribution in [0.3, 0.4) is 0 Å². The van der Waals surface area contributed by atoms with E-state index in [2.05, 4.69) is 22.5 Å². The Morgan fingerprint density at radius 2 is 2.19 bits per heavy atom. The second kappa shape index (κ2) is 6.74. The van der Waals surface area contributed by atoms with E-state index in [0.29, 0.717) is 5.76 Å². The first-order chi connectivity index (χ1) is 10.0. The summed E-state index contributed by atoms with van der Waals surface area (Å²) >= 11 is 3.39. The van der Waals surface area contributed by atoms with Crippen LogP contribution >= 0.6 is 15.9 Å². The van der Waals surface area contributed by atoms with Crippen LogP contribution in [0.2, 0.25) is 0 Å². The van der Waals surface area contributed by atoms with Gasteiger partial charge in [0.05, 0.1) is 12.2 Å². The molecule has 0 spiro atoms. The first-order valence-corrected chi connectivity index (χ1v) is 7.22. The van der Waals surface area contributed by atoms with Crippen molar-refractivity contribution in [3.8, 4) is 11.3 Å². The predicted octanol–water partition coefficient (Wildman–Crippen LogP) is 3.86. The van der Waals surface area contributed by atoms with E-state index in [1.165, 1.54) is 0 Å². The topological polar surface area (TPSA) is 59.7 Å². The lowest BCUT2D eigenvalue weighted by molar-refractivity contribution is -0.139. The monoisotopic (exact) mass is 350 g/mol. The highest BCUT2D eigenvalue weighted by Gasteiger charge is 2.22. The molecule has 4 nitrogen and oxygen atoms in total. The van der Waals surface area contributed by atoms with E-state index in [4.69, 9.17) is 9.15 Å². The first-order valence-electron chi connectivity index (χ1n) is 6.42. The van der Waals surface area contributed by atoms with Gasteiger partial charge in [-0.2, -0.15) is 0 Å². The van der Waals surface area contributed by atoms with Gasteiger partial charge in [-0.3, -0.25) is 0 Å². The zero-order valence-electron chi connectivity index (χ0n) is 11.5. The molecule has 2 rings (SSSR count). The molecule has 110 valence electrons. The third-order valence-corrected chi connectivity index (χ3v) is 3.37. The number of benzene rings is 1. The average molecular weight is 351 g/mol. The van der Waals surface area contributed by atoms with Crippen LogP contribution < -0.4 is 0 Å². The fraction of sp³-hybridized carbons (Fsp3) is 0.188. The third-order valence-electron chi connectivity index (χ3n) is 2.87. The molecule has 0 amide bonds. The van der Waals surface area contributed by atoms with Gasteiger partial charge in [0.1, 0.15) is 17.6 Å². The molecule has 1 aromatic heterocycles. The van der Waals surface area contributed by atoms with Gasteiger partial charge in [0, 0.05) is 10.0 Å². The fourth-order valence-corrected chi connectivity index (χ4v) is 2.20. The number of halogens is 1. The predicted molar refractivity (Wildman–Crippen MR) is 82.6 cm³/mol. The summed E-state index contributed by atoms with van der Waals surface area (Å²) in [7, 11) is 0. The molecule has 0 aliphatic carbocycles. The second-order valence-electron chi connectivity index (χ2n) is 4.36. The van der Waals surface area contributed by atoms with Gasteiger partial charge < -0.3 is 14.3 Å². The maximum atomic E-state index is 11.5. The van der Waals surface area contributed by atoms with Crippen LogP contribution in [-0.4, -0.2) is 17.7 Å². The molecule has 0 radical (unpaired) electrons. The van der Waals surface area contributed by atoms with Crippen LogP contribution in [0.25, 0.3) is 11.3 Å². The van der Waals surface area contributed by atoms with Crippen molar-refractivity contribution in [2.45, 2.75) is 13.0 Å². The molecule has 1 aromatic carbocycles. The molecule has 1 atom stereocenters.